The highest BCUT2D eigenvalue weighted by molar-refractivity contribution is 5.26. The summed E-state index contributed by atoms with van der Waals surface area (Å²) in [7, 11) is 0. The third-order valence-electron chi connectivity index (χ3n) is 7.86. The van der Waals surface area contributed by atoms with Crippen molar-refractivity contribution < 1.29 is 0 Å². The van der Waals surface area contributed by atoms with Gasteiger partial charge in [-0.25, -0.2) is 0 Å². The van der Waals surface area contributed by atoms with Crippen LogP contribution in [-0.4, -0.2) is 0 Å². The number of hydrogen-bond acceptors (Lipinski definition) is 0. The summed E-state index contributed by atoms with van der Waals surface area (Å²) in [6.45, 7) is 4.60. The average Bonchev–Trinajstić information content (AvgIpc) is 2.78. The molecule has 2 saturated carbocycles. The molecule has 0 amide bonds. The minimum absolute atomic E-state index is 0.804. The largest absolute Gasteiger partial charge is 0.0883 e. The first-order valence-corrected chi connectivity index (χ1v) is 13.0. The first-order chi connectivity index (χ1) is 14.3. The average molecular weight is 395 g/mol. The van der Waals surface area contributed by atoms with Gasteiger partial charge in [-0.1, -0.05) is 102 Å². The molecular weight excluding hydrogens is 348 g/mol. The third kappa shape index (κ3) is 7.62. The summed E-state index contributed by atoms with van der Waals surface area (Å²) < 4.78 is 0. The zero-order chi connectivity index (χ0) is 20.3. The van der Waals surface area contributed by atoms with E-state index in [0.29, 0.717) is 0 Å². The van der Waals surface area contributed by atoms with E-state index in [-0.39, 0.29) is 0 Å². The molecule has 1 aromatic carbocycles. The molecule has 0 aliphatic heterocycles. The molecule has 0 heteroatoms. The Kier molecular flexibility index (Phi) is 9.84. The van der Waals surface area contributed by atoms with Gasteiger partial charge in [0.05, 0.1) is 0 Å². The monoisotopic (exact) mass is 394 g/mol. The van der Waals surface area contributed by atoms with Gasteiger partial charge in [-0.05, 0) is 79.7 Å². The topological polar surface area (TPSA) is 0 Å². The van der Waals surface area contributed by atoms with Gasteiger partial charge in [0.25, 0.3) is 0 Å². The second-order valence-corrected chi connectivity index (χ2v) is 10.1. The van der Waals surface area contributed by atoms with E-state index in [1.807, 2.05) is 0 Å². The molecule has 0 spiro atoms. The number of benzene rings is 1. The normalized spacial score (nSPS) is 28.1. The number of unbranched alkanes of at least 4 members (excludes halogenated alkanes) is 2. The molecule has 0 aromatic heterocycles. The minimum Gasteiger partial charge on any atom is -0.0883 e. The fraction of sp³-hybridized carbons (Fsp3) is 0.724. The molecule has 2 aliphatic rings. The van der Waals surface area contributed by atoms with Crippen LogP contribution in [0.1, 0.15) is 121 Å². The van der Waals surface area contributed by atoms with Gasteiger partial charge in [0.1, 0.15) is 0 Å². The quantitative estimate of drug-likeness (QED) is 0.347. The van der Waals surface area contributed by atoms with Gasteiger partial charge in [-0.3, -0.25) is 0 Å². The van der Waals surface area contributed by atoms with Crippen LogP contribution >= 0.6 is 0 Å². The first-order valence-electron chi connectivity index (χ1n) is 13.0. The summed E-state index contributed by atoms with van der Waals surface area (Å²) >= 11 is 0. The van der Waals surface area contributed by atoms with Crippen molar-refractivity contribution in [2.45, 2.75) is 116 Å². The second kappa shape index (κ2) is 12.6. The van der Waals surface area contributed by atoms with Crippen LogP contribution in [0, 0.1) is 17.8 Å². The van der Waals surface area contributed by atoms with Gasteiger partial charge in [0, 0.05) is 0 Å². The van der Waals surface area contributed by atoms with Crippen LogP contribution in [0.4, 0.5) is 0 Å². The summed E-state index contributed by atoms with van der Waals surface area (Å²) in [5.41, 5.74) is 3.17. The fourth-order valence-electron chi connectivity index (χ4n) is 5.73. The Labute approximate surface area is 181 Å². The third-order valence-corrected chi connectivity index (χ3v) is 7.86. The summed E-state index contributed by atoms with van der Waals surface area (Å²) in [5.74, 6) is 3.68. The molecular formula is C29H46. The van der Waals surface area contributed by atoms with E-state index < -0.39 is 0 Å². The zero-order valence-corrected chi connectivity index (χ0v) is 19.4. The van der Waals surface area contributed by atoms with Crippen molar-refractivity contribution in [2.24, 2.45) is 17.8 Å². The van der Waals surface area contributed by atoms with Gasteiger partial charge >= 0.3 is 0 Å². The van der Waals surface area contributed by atoms with Crippen LogP contribution in [0.2, 0.25) is 0 Å². The van der Waals surface area contributed by atoms with E-state index in [1.54, 1.807) is 11.1 Å². The van der Waals surface area contributed by atoms with Gasteiger partial charge in [0.2, 0.25) is 0 Å². The molecule has 0 radical (unpaired) electrons. The lowest BCUT2D eigenvalue weighted by atomic mass is 9.77. The highest BCUT2D eigenvalue weighted by atomic mass is 14.3. The molecule has 0 nitrogen and oxygen atoms in total. The summed E-state index contributed by atoms with van der Waals surface area (Å²) in [6.07, 6.45) is 25.9. The van der Waals surface area contributed by atoms with Crippen molar-refractivity contribution in [1.82, 2.24) is 0 Å². The molecule has 2 fully saturated rings. The maximum atomic E-state index is 2.50. The van der Waals surface area contributed by atoms with Crippen LogP contribution in [0.15, 0.2) is 36.4 Å². The Bertz CT molecular complexity index is 565. The molecule has 0 atom stereocenters. The lowest BCUT2D eigenvalue weighted by Gasteiger charge is -2.28. The standard InChI is InChI=1S/C29H46/c1-3-5-7-9-25-16-20-28(21-17-25)29-22-18-27(19-23-29)15-14-26-12-10-24(11-13-26)8-6-4-2/h7,9,18-19,22-26,28H,3-6,8,10-17,20-21H2,1-2H3. The van der Waals surface area contributed by atoms with Crippen molar-refractivity contribution in [3.63, 3.8) is 0 Å². The summed E-state index contributed by atoms with van der Waals surface area (Å²) in [6, 6.07) is 9.79. The Morgan fingerprint density at radius 2 is 1.41 bits per heavy atom. The van der Waals surface area contributed by atoms with Crippen molar-refractivity contribution in [2.75, 3.05) is 0 Å². The summed E-state index contributed by atoms with van der Waals surface area (Å²) in [5, 5.41) is 0. The molecule has 29 heavy (non-hydrogen) atoms. The van der Waals surface area contributed by atoms with E-state index in [4.69, 9.17) is 0 Å². The second-order valence-electron chi connectivity index (χ2n) is 10.1. The molecule has 1 aromatic rings. The highest BCUT2D eigenvalue weighted by Gasteiger charge is 2.22. The predicted molar refractivity (Wildman–Crippen MR) is 128 cm³/mol. The Morgan fingerprint density at radius 3 is 2.03 bits per heavy atom. The minimum atomic E-state index is 0.804. The smallest absolute Gasteiger partial charge is 0.0162 e. The predicted octanol–water partition coefficient (Wildman–Crippen LogP) is 9.25. The van der Waals surface area contributed by atoms with E-state index in [0.717, 1.165) is 23.7 Å². The van der Waals surface area contributed by atoms with Gasteiger partial charge in [-0.15, -0.1) is 0 Å². The molecule has 2 aliphatic carbocycles. The number of hydrogen-bond donors (Lipinski definition) is 0. The van der Waals surface area contributed by atoms with Crippen LogP contribution in [0.25, 0.3) is 0 Å². The van der Waals surface area contributed by atoms with E-state index >= 15 is 0 Å². The Hall–Kier alpha value is -1.04. The molecule has 3 rings (SSSR count). The fourth-order valence-corrected chi connectivity index (χ4v) is 5.73. The number of rotatable bonds is 10. The van der Waals surface area contributed by atoms with E-state index in [1.165, 1.54) is 96.3 Å². The Balaban J connectivity index is 1.36. The van der Waals surface area contributed by atoms with Gasteiger partial charge in [-0.2, -0.15) is 0 Å². The van der Waals surface area contributed by atoms with Crippen molar-refractivity contribution >= 4 is 0 Å². The zero-order valence-electron chi connectivity index (χ0n) is 19.4. The lowest BCUT2D eigenvalue weighted by Crippen LogP contribution is -2.15. The SMILES string of the molecule is CCCC=CC1CCC(c2ccc(CCC3CCC(CCCC)CC3)cc2)CC1. The van der Waals surface area contributed by atoms with E-state index in [2.05, 4.69) is 50.3 Å². The molecule has 162 valence electrons. The van der Waals surface area contributed by atoms with Gasteiger partial charge < -0.3 is 0 Å². The van der Waals surface area contributed by atoms with Crippen molar-refractivity contribution in [1.29, 1.82) is 0 Å². The molecule has 0 saturated heterocycles. The lowest BCUT2D eigenvalue weighted by molar-refractivity contribution is 0.250. The van der Waals surface area contributed by atoms with Crippen LogP contribution < -0.4 is 0 Å². The summed E-state index contributed by atoms with van der Waals surface area (Å²) in [4.78, 5) is 0. The number of allylic oxidation sites excluding steroid dienone is 2. The van der Waals surface area contributed by atoms with E-state index in [9.17, 15) is 0 Å². The Morgan fingerprint density at radius 1 is 0.759 bits per heavy atom. The van der Waals surface area contributed by atoms with Crippen molar-refractivity contribution in [3.8, 4) is 0 Å². The first kappa shape index (κ1) is 22.6. The molecule has 0 heterocycles. The van der Waals surface area contributed by atoms with Crippen molar-refractivity contribution in [3.05, 3.63) is 47.5 Å². The maximum Gasteiger partial charge on any atom is -0.0162 e. The van der Waals surface area contributed by atoms with Crippen LogP contribution in [0.5, 0.6) is 0 Å². The molecule has 0 unspecified atom stereocenters. The van der Waals surface area contributed by atoms with Crippen LogP contribution in [-0.2, 0) is 6.42 Å². The molecule has 0 N–H and O–H groups in total. The van der Waals surface area contributed by atoms with Gasteiger partial charge in [0.15, 0.2) is 0 Å². The van der Waals surface area contributed by atoms with Crippen LogP contribution in [0.3, 0.4) is 0 Å². The number of aryl methyl sites for hydroxylation is 1. The highest BCUT2D eigenvalue weighted by Crippen LogP contribution is 2.37. The maximum absolute atomic E-state index is 2.50. The molecule has 0 bridgehead atoms.